The summed E-state index contributed by atoms with van der Waals surface area (Å²) in [4.78, 5) is 13.7. The van der Waals surface area contributed by atoms with E-state index in [1.54, 1.807) is 7.11 Å². The number of hydrogen-bond donors (Lipinski definition) is 1. The van der Waals surface area contributed by atoms with Crippen molar-refractivity contribution < 1.29 is 9.53 Å². The van der Waals surface area contributed by atoms with Crippen LogP contribution >= 0.6 is 22.9 Å². The number of rotatable bonds is 5. The van der Waals surface area contributed by atoms with E-state index in [0.717, 1.165) is 22.6 Å². The summed E-state index contributed by atoms with van der Waals surface area (Å²) in [6.45, 7) is 0. The van der Waals surface area contributed by atoms with Gasteiger partial charge in [-0.05, 0) is 54.1 Å². The van der Waals surface area contributed by atoms with Crippen LogP contribution in [0.15, 0.2) is 78.4 Å². The number of amides is 1. The van der Waals surface area contributed by atoms with E-state index < -0.39 is 0 Å². The van der Waals surface area contributed by atoms with Gasteiger partial charge in [-0.1, -0.05) is 23.7 Å². The Labute approximate surface area is 172 Å². The van der Waals surface area contributed by atoms with Crippen molar-refractivity contribution in [1.29, 1.82) is 0 Å². The zero-order valence-electron chi connectivity index (χ0n) is 15.1. The van der Waals surface area contributed by atoms with Crippen LogP contribution in [0.3, 0.4) is 0 Å². The maximum atomic E-state index is 13.0. The molecule has 4 rings (SSSR count). The zero-order chi connectivity index (χ0) is 19.5. The van der Waals surface area contributed by atoms with Crippen LogP contribution < -0.4 is 10.1 Å². The number of anilines is 1. The lowest BCUT2D eigenvalue weighted by molar-refractivity contribution is 0.103. The van der Waals surface area contributed by atoms with Crippen molar-refractivity contribution in [2.75, 3.05) is 12.4 Å². The summed E-state index contributed by atoms with van der Waals surface area (Å²) in [5.74, 6) is 0.589. The minimum atomic E-state index is -0.154. The smallest absolute Gasteiger partial charge is 0.267 e. The highest BCUT2D eigenvalue weighted by molar-refractivity contribution is 7.13. The summed E-state index contributed by atoms with van der Waals surface area (Å²) in [5.41, 5.74) is 3.56. The summed E-state index contributed by atoms with van der Waals surface area (Å²) >= 11 is 7.45. The fraction of sp³-hybridized carbons (Fsp3) is 0.0455. The van der Waals surface area contributed by atoms with Crippen LogP contribution in [0.2, 0.25) is 5.02 Å². The predicted octanol–water partition coefficient (Wildman–Crippen LogP) is 6.12. The maximum Gasteiger partial charge on any atom is 0.267 e. The van der Waals surface area contributed by atoms with Crippen molar-refractivity contribution in [2.45, 2.75) is 0 Å². The first-order valence-corrected chi connectivity index (χ1v) is 9.87. The first-order valence-electron chi connectivity index (χ1n) is 8.62. The monoisotopic (exact) mass is 408 g/mol. The van der Waals surface area contributed by atoms with E-state index in [9.17, 15) is 4.79 Å². The molecule has 0 bridgehead atoms. The van der Waals surface area contributed by atoms with Crippen molar-refractivity contribution in [3.8, 4) is 22.6 Å². The molecule has 1 amide bonds. The third-order valence-electron chi connectivity index (χ3n) is 4.34. The number of carbonyl (C=O) groups is 1. The van der Waals surface area contributed by atoms with Gasteiger partial charge in [0.2, 0.25) is 0 Å². The van der Waals surface area contributed by atoms with Gasteiger partial charge in [0.15, 0.2) is 0 Å². The fourth-order valence-corrected chi connectivity index (χ4v) is 4.04. The molecule has 4 aromatic rings. The average Bonchev–Trinajstić information content (AvgIpc) is 3.38. The number of nitrogens with zero attached hydrogens (tertiary/aromatic N) is 1. The lowest BCUT2D eigenvalue weighted by atomic mass is 10.1. The molecule has 0 unspecified atom stereocenters. The first kappa shape index (κ1) is 18.3. The Bertz CT molecular complexity index is 1080. The van der Waals surface area contributed by atoms with Gasteiger partial charge in [0.25, 0.3) is 5.91 Å². The van der Waals surface area contributed by atoms with Crippen LogP contribution in [0.4, 0.5) is 5.69 Å². The quantitative estimate of drug-likeness (QED) is 0.432. The van der Waals surface area contributed by atoms with Crippen LogP contribution in [0.1, 0.15) is 9.67 Å². The van der Waals surface area contributed by atoms with E-state index in [1.165, 1.54) is 11.3 Å². The van der Waals surface area contributed by atoms with Crippen molar-refractivity contribution in [3.63, 3.8) is 0 Å². The maximum absolute atomic E-state index is 13.0. The minimum Gasteiger partial charge on any atom is -0.497 e. The van der Waals surface area contributed by atoms with Crippen LogP contribution in [-0.4, -0.2) is 17.6 Å². The number of nitrogens with one attached hydrogen (secondary N) is 1. The molecule has 0 aliphatic heterocycles. The average molecular weight is 409 g/mol. The lowest BCUT2D eigenvalue weighted by Gasteiger charge is -2.10. The zero-order valence-corrected chi connectivity index (χ0v) is 16.6. The molecule has 0 fully saturated rings. The van der Waals surface area contributed by atoms with Crippen LogP contribution in [0.5, 0.6) is 5.75 Å². The van der Waals surface area contributed by atoms with Gasteiger partial charge in [0, 0.05) is 34.0 Å². The second kappa shape index (κ2) is 7.92. The third-order valence-corrected chi connectivity index (χ3v) is 5.56. The minimum absolute atomic E-state index is 0.154. The molecule has 2 aromatic carbocycles. The van der Waals surface area contributed by atoms with Gasteiger partial charge in [-0.15, -0.1) is 11.3 Å². The van der Waals surface area contributed by atoms with E-state index in [-0.39, 0.29) is 5.91 Å². The molecule has 0 aliphatic carbocycles. The van der Waals surface area contributed by atoms with Crippen molar-refractivity contribution >= 4 is 34.5 Å². The number of hydrogen-bond acceptors (Lipinski definition) is 3. The molecule has 0 aliphatic rings. The van der Waals surface area contributed by atoms with E-state index in [2.05, 4.69) is 5.32 Å². The lowest BCUT2D eigenvalue weighted by Crippen LogP contribution is -2.12. The number of halogens is 1. The first-order chi connectivity index (χ1) is 13.7. The van der Waals surface area contributed by atoms with Gasteiger partial charge in [-0.3, -0.25) is 4.79 Å². The number of methoxy groups -OCH3 is 1. The second-order valence-corrected chi connectivity index (χ2v) is 7.42. The Morgan fingerprint density at radius 2 is 1.71 bits per heavy atom. The fourth-order valence-electron chi connectivity index (χ4n) is 2.95. The third kappa shape index (κ3) is 3.67. The molecule has 2 heterocycles. The molecule has 6 heteroatoms. The molecule has 0 spiro atoms. The van der Waals surface area contributed by atoms with Gasteiger partial charge in [0.1, 0.15) is 10.6 Å². The standard InChI is InChI=1S/C22H17ClN2O2S/c1-27-18-10-8-17(9-11-18)24-22(26)21-20(25-12-2-3-13-25)19(14-28-21)15-4-6-16(23)7-5-15/h2-14H,1H3,(H,24,26). The molecular weight excluding hydrogens is 392 g/mol. The number of aromatic nitrogens is 1. The van der Waals surface area contributed by atoms with Crippen molar-refractivity contribution in [1.82, 2.24) is 4.57 Å². The van der Waals surface area contributed by atoms with Crippen molar-refractivity contribution in [2.24, 2.45) is 0 Å². The Hall–Kier alpha value is -3.02. The van der Waals surface area contributed by atoms with Gasteiger partial charge >= 0.3 is 0 Å². The second-order valence-electron chi connectivity index (χ2n) is 6.11. The SMILES string of the molecule is COc1ccc(NC(=O)c2scc(-c3ccc(Cl)cc3)c2-n2cccc2)cc1. The Morgan fingerprint density at radius 1 is 1.04 bits per heavy atom. The molecule has 0 atom stereocenters. The number of thiophene rings is 1. The van der Waals surface area contributed by atoms with Crippen LogP contribution in [0, 0.1) is 0 Å². The molecule has 0 radical (unpaired) electrons. The van der Waals surface area contributed by atoms with Gasteiger partial charge < -0.3 is 14.6 Å². The largest absolute Gasteiger partial charge is 0.497 e. The number of benzene rings is 2. The van der Waals surface area contributed by atoms with Gasteiger partial charge in [-0.2, -0.15) is 0 Å². The Kier molecular flexibility index (Phi) is 5.19. The highest BCUT2D eigenvalue weighted by atomic mass is 35.5. The van der Waals surface area contributed by atoms with E-state index in [0.29, 0.717) is 15.6 Å². The van der Waals surface area contributed by atoms with Crippen molar-refractivity contribution in [3.05, 3.63) is 88.3 Å². The molecule has 0 saturated heterocycles. The highest BCUT2D eigenvalue weighted by Gasteiger charge is 2.20. The predicted molar refractivity (Wildman–Crippen MR) is 115 cm³/mol. The molecule has 2 aromatic heterocycles. The van der Waals surface area contributed by atoms with E-state index in [4.69, 9.17) is 16.3 Å². The van der Waals surface area contributed by atoms with Crippen LogP contribution in [0.25, 0.3) is 16.8 Å². The highest BCUT2D eigenvalue weighted by Crippen LogP contribution is 2.36. The summed E-state index contributed by atoms with van der Waals surface area (Å²) < 4.78 is 7.13. The summed E-state index contributed by atoms with van der Waals surface area (Å²) in [7, 11) is 1.61. The van der Waals surface area contributed by atoms with E-state index >= 15 is 0 Å². The van der Waals surface area contributed by atoms with Gasteiger partial charge in [0.05, 0.1) is 12.8 Å². The molecule has 140 valence electrons. The Morgan fingerprint density at radius 3 is 2.36 bits per heavy atom. The molecular formula is C22H17ClN2O2S. The molecule has 1 N–H and O–H groups in total. The van der Waals surface area contributed by atoms with E-state index in [1.807, 2.05) is 83.0 Å². The molecule has 28 heavy (non-hydrogen) atoms. The van der Waals surface area contributed by atoms with Gasteiger partial charge in [-0.25, -0.2) is 0 Å². The van der Waals surface area contributed by atoms with Crippen LogP contribution in [-0.2, 0) is 0 Å². The summed E-state index contributed by atoms with van der Waals surface area (Å²) in [6.07, 6.45) is 3.87. The molecule has 0 saturated carbocycles. The molecule has 4 nitrogen and oxygen atoms in total. The topological polar surface area (TPSA) is 43.3 Å². The number of ether oxygens (including phenoxy) is 1. The normalized spacial score (nSPS) is 10.6. The number of carbonyl (C=O) groups excluding carboxylic acids is 1. The summed E-state index contributed by atoms with van der Waals surface area (Å²) in [5, 5.41) is 5.65. The summed E-state index contributed by atoms with van der Waals surface area (Å²) in [6, 6.07) is 18.8. The Balaban J connectivity index is 1.72.